The number of para-hydroxylation sites is 1. The van der Waals surface area contributed by atoms with Crippen molar-refractivity contribution >= 4 is 17.7 Å². The van der Waals surface area contributed by atoms with Gasteiger partial charge in [0, 0.05) is 6.08 Å². The third kappa shape index (κ3) is 2.68. The third-order valence-corrected chi connectivity index (χ3v) is 1.98. The van der Waals surface area contributed by atoms with E-state index in [9.17, 15) is 4.79 Å². The quantitative estimate of drug-likeness (QED) is 0.418. The van der Waals surface area contributed by atoms with Gasteiger partial charge in [0.1, 0.15) is 0 Å². The highest BCUT2D eigenvalue weighted by atomic mass is 16.5. The molecule has 0 heterocycles. The van der Waals surface area contributed by atoms with Gasteiger partial charge >= 0.3 is 5.97 Å². The molecule has 15 heavy (non-hydrogen) atoms. The van der Waals surface area contributed by atoms with E-state index in [1.54, 1.807) is 12.1 Å². The van der Waals surface area contributed by atoms with Crippen molar-refractivity contribution in [1.29, 1.82) is 0 Å². The van der Waals surface area contributed by atoms with E-state index in [1.165, 1.54) is 13.2 Å². The lowest BCUT2D eigenvalue weighted by Crippen LogP contribution is -1.93. The number of esters is 1. The molecule has 0 radical (unpaired) electrons. The van der Waals surface area contributed by atoms with Crippen molar-refractivity contribution in [3.63, 3.8) is 0 Å². The highest BCUT2D eigenvalue weighted by molar-refractivity contribution is 5.88. The predicted molar refractivity (Wildman–Crippen MR) is 58.5 cm³/mol. The van der Waals surface area contributed by atoms with Crippen LogP contribution in [0.3, 0.4) is 0 Å². The van der Waals surface area contributed by atoms with Crippen molar-refractivity contribution in [3.05, 3.63) is 46.8 Å². The van der Waals surface area contributed by atoms with Crippen LogP contribution in [-0.4, -0.2) is 13.1 Å². The summed E-state index contributed by atoms with van der Waals surface area (Å²) in [6, 6.07) is 5.50. The molecule has 0 aliphatic heterocycles. The molecule has 0 spiro atoms. The third-order valence-electron chi connectivity index (χ3n) is 1.98. The molecule has 3 heteroatoms. The Balaban J connectivity index is 3.06. The molecule has 1 aromatic carbocycles. The van der Waals surface area contributed by atoms with Crippen LogP contribution in [0.25, 0.3) is 10.9 Å². The van der Waals surface area contributed by atoms with Crippen molar-refractivity contribution in [1.82, 2.24) is 0 Å². The van der Waals surface area contributed by atoms with E-state index in [1.807, 2.05) is 19.1 Å². The first-order valence-electron chi connectivity index (χ1n) is 4.42. The Kier molecular flexibility index (Phi) is 3.64. The number of carbonyl (C=O) groups excluding carboxylic acids is 1. The fourth-order valence-corrected chi connectivity index (χ4v) is 1.19. The minimum absolute atomic E-state index is 0.424. The lowest BCUT2D eigenvalue weighted by Gasteiger charge is -2.00. The van der Waals surface area contributed by atoms with Crippen molar-refractivity contribution in [2.75, 3.05) is 7.11 Å². The molecule has 0 saturated heterocycles. The molecule has 3 nitrogen and oxygen atoms in total. The van der Waals surface area contributed by atoms with E-state index < -0.39 is 5.97 Å². The molecule has 76 valence electrons. The van der Waals surface area contributed by atoms with Gasteiger partial charge in [0.15, 0.2) is 5.69 Å². The molecule has 0 atom stereocenters. The molecule has 0 aliphatic carbocycles. The number of rotatable bonds is 2. The van der Waals surface area contributed by atoms with E-state index in [4.69, 9.17) is 6.57 Å². The maximum absolute atomic E-state index is 10.9. The summed E-state index contributed by atoms with van der Waals surface area (Å²) in [4.78, 5) is 14.3. The molecule has 0 fully saturated rings. The van der Waals surface area contributed by atoms with E-state index in [0.29, 0.717) is 5.69 Å². The zero-order chi connectivity index (χ0) is 11.3. The van der Waals surface area contributed by atoms with Gasteiger partial charge in [-0.05, 0) is 18.1 Å². The van der Waals surface area contributed by atoms with Gasteiger partial charge in [-0.3, -0.25) is 0 Å². The second-order valence-electron chi connectivity index (χ2n) is 2.98. The summed E-state index contributed by atoms with van der Waals surface area (Å²) in [5, 5.41) is 0. The molecular weight excluding hydrogens is 190 g/mol. The topological polar surface area (TPSA) is 30.7 Å². The van der Waals surface area contributed by atoms with Crippen LogP contribution in [0.5, 0.6) is 0 Å². The Morgan fingerprint density at radius 3 is 2.87 bits per heavy atom. The average Bonchev–Trinajstić information content (AvgIpc) is 2.25. The predicted octanol–water partition coefficient (Wildman–Crippen LogP) is 2.73. The lowest BCUT2D eigenvalue weighted by atomic mass is 10.1. The smallest absolute Gasteiger partial charge is 0.330 e. The standard InChI is InChI=1S/C12H11NO2/c1-9-5-4-6-10(12(9)13-2)7-8-11(14)15-3/h4-8H,1,3H3/b8-7+. The van der Waals surface area contributed by atoms with Crippen molar-refractivity contribution in [2.45, 2.75) is 6.92 Å². The Bertz CT molecular complexity index is 441. The Labute approximate surface area is 88.8 Å². The van der Waals surface area contributed by atoms with Crippen molar-refractivity contribution < 1.29 is 9.53 Å². The second-order valence-corrected chi connectivity index (χ2v) is 2.98. The highest BCUT2D eigenvalue weighted by Crippen LogP contribution is 2.24. The Morgan fingerprint density at radius 1 is 1.53 bits per heavy atom. The lowest BCUT2D eigenvalue weighted by molar-refractivity contribution is -0.134. The molecule has 0 aromatic heterocycles. The van der Waals surface area contributed by atoms with Gasteiger partial charge in [-0.25, -0.2) is 9.64 Å². The van der Waals surface area contributed by atoms with Crippen LogP contribution in [0, 0.1) is 13.5 Å². The van der Waals surface area contributed by atoms with Crippen LogP contribution in [-0.2, 0) is 9.53 Å². The Hall–Kier alpha value is -2.08. The van der Waals surface area contributed by atoms with Gasteiger partial charge in [-0.15, -0.1) is 0 Å². The van der Waals surface area contributed by atoms with Gasteiger partial charge in [-0.2, -0.15) is 0 Å². The number of nitrogens with zero attached hydrogens (tertiary/aromatic N) is 1. The zero-order valence-corrected chi connectivity index (χ0v) is 8.65. The number of aryl methyl sites for hydroxylation is 1. The molecule has 0 unspecified atom stereocenters. The van der Waals surface area contributed by atoms with E-state index >= 15 is 0 Å². The fraction of sp³-hybridized carbons (Fsp3) is 0.167. The molecule has 0 amide bonds. The SMILES string of the molecule is [C-]#[N+]c1c(C)cccc1/C=C/C(=O)OC. The molecular formula is C12H11NO2. The van der Waals surface area contributed by atoms with Gasteiger partial charge in [0.05, 0.1) is 13.7 Å². The fourth-order valence-electron chi connectivity index (χ4n) is 1.19. The molecule has 0 N–H and O–H groups in total. The number of hydrogen-bond donors (Lipinski definition) is 0. The molecule has 0 aliphatic rings. The molecule has 1 rings (SSSR count). The number of benzene rings is 1. The van der Waals surface area contributed by atoms with Crippen LogP contribution in [0.2, 0.25) is 0 Å². The number of methoxy groups -OCH3 is 1. The first-order valence-corrected chi connectivity index (χ1v) is 4.42. The maximum Gasteiger partial charge on any atom is 0.330 e. The highest BCUT2D eigenvalue weighted by Gasteiger charge is 2.02. The molecule has 0 bridgehead atoms. The number of carbonyl (C=O) groups is 1. The number of ether oxygens (including phenoxy) is 1. The summed E-state index contributed by atoms with van der Waals surface area (Å²) in [5.41, 5.74) is 2.20. The minimum atomic E-state index is -0.424. The normalized spacial score (nSPS) is 9.93. The average molecular weight is 201 g/mol. The summed E-state index contributed by atoms with van der Waals surface area (Å²) < 4.78 is 4.47. The van der Waals surface area contributed by atoms with Crippen LogP contribution < -0.4 is 0 Å². The Morgan fingerprint density at radius 2 is 2.27 bits per heavy atom. The zero-order valence-electron chi connectivity index (χ0n) is 8.65. The second kappa shape index (κ2) is 4.97. The maximum atomic E-state index is 10.9. The van der Waals surface area contributed by atoms with E-state index in [2.05, 4.69) is 9.58 Å². The first-order chi connectivity index (χ1) is 7.19. The van der Waals surface area contributed by atoms with Gasteiger partial charge in [-0.1, -0.05) is 24.3 Å². The van der Waals surface area contributed by atoms with Crippen LogP contribution in [0.15, 0.2) is 24.3 Å². The van der Waals surface area contributed by atoms with Crippen LogP contribution >= 0.6 is 0 Å². The van der Waals surface area contributed by atoms with Crippen molar-refractivity contribution in [2.24, 2.45) is 0 Å². The van der Waals surface area contributed by atoms with Gasteiger partial charge in [0.25, 0.3) is 0 Å². The van der Waals surface area contributed by atoms with E-state index in [-0.39, 0.29) is 0 Å². The largest absolute Gasteiger partial charge is 0.466 e. The van der Waals surface area contributed by atoms with E-state index in [0.717, 1.165) is 11.1 Å². The summed E-state index contributed by atoms with van der Waals surface area (Å²) in [6.45, 7) is 8.89. The summed E-state index contributed by atoms with van der Waals surface area (Å²) >= 11 is 0. The first kappa shape index (κ1) is 11.0. The number of hydrogen-bond acceptors (Lipinski definition) is 2. The summed E-state index contributed by atoms with van der Waals surface area (Å²) in [7, 11) is 1.32. The van der Waals surface area contributed by atoms with Crippen molar-refractivity contribution in [3.8, 4) is 0 Å². The van der Waals surface area contributed by atoms with Crippen LogP contribution in [0.4, 0.5) is 5.69 Å². The van der Waals surface area contributed by atoms with Gasteiger partial charge < -0.3 is 4.74 Å². The molecule has 0 saturated carbocycles. The monoisotopic (exact) mass is 201 g/mol. The van der Waals surface area contributed by atoms with Gasteiger partial charge in [0.2, 0.25) is 0 Å². The summed E-state index contributed by atoms with van der Waals surface area (Å²) in [6.07, 6.45) is 2.90. The van der Waals surface area contributed by atoms with Crippen LogP contribution in [0.1, 0.15) is 11.1 Å². The summed E-state index contributed by atoms with van der Waals surface area (Å²) in [5.74, 6) is -0.424. The molecule has 1 aromatic rings. The minimum Gasteiger partial charge on any atom is -0.466 e.